The first-order valence-corrected chi connectivity index (χ1v) is 8.34. The number of rotatable bonds is 6. The highest BCUT2D eigenvalue weighted by Gasteiger charge is 2.41. The van der Waals surface area contributed by atoms with Crippen molar-refractivity contribution >= 4 is 11.6 Å². The van der Waals surface area contributed by atoms with Crippen LogP contribution in [0, 0.1) is 5.41 Å². The largest absolute Gasteiger partial charge is 0.389 e. The molecule has 2 heterocycles. The summed E-state index contributed by atoms with van der Waals surface area (Å²) in [5.74, 6) is 0. The van der Waals surface area contributed by atoms with E-state index < -0.39 is 6.10 Å². The number of β-amino-alcohol motifs (C(OH)–C–C–N with tert-alkyl or cyclic N) is 1. The van der Waals surface area contributed by atoms with Gasteiger partial charge in [0.2, 0.25) is 0 Å². The number of halogens is 1. The van der Waals surface area contributed by atoms with Crippen LogP contribution in [0.4, 0.5) is 0 Å². The lowest BCUT2D eigenvalue weighted by molar-refractivity contribution is 0.0116. The second-order valence-corrected chi connectivity index (χ2v) is 6.96. The van der Waals surface area contributed by atoms with Crippen molar-refractivity contribution in [2.75, 3.05) is 39.5 Å². The van der Waals surface area contributed by atoms with Crippen LogP contribution >= 0.6 is 11.6 Å². The van der Waals surface area contributed by atoms with Crippen molar-refractivity contribution < 1.29 is 14.6 Å². The molecule has 1 aromatic carbocycles. The Morgan fingerprint density at radius 3 is 3.00 bits per heavy atom. The van der Waals surface area contributed by atoms with E-state index in [1.54, 1.807) is 0 Å². The van der Waals surface area contributed by atoms with E-state index in [0.717, 1.165) is 38.3 Å². The SMILES string of the molecule is OC(COCc1ccccc1Cl)CN1CCC2(CCOC2)C1. The smallest absolute Gasteiger partial charge is 0.0900 e. The van der Waals surface area contributed by atoms with Crippen LogP contribution in [0.3, 0.4) is 0 Å². The summed E-state index contributed by atoms with van der Waals surface area (Å²) in [6.45, 7) is 5.30. The van der Waals surface area contributed by atoms with Crippen LogP contribution < -0.4 is 0 Å². The van der Waals surface area contributed by atoms with Gasteiger partial charge in [0.25, 0.3) is 0 Å². The number of hydrogen-bond donors (Lipinski definition) is 1. The zero-order valence-corrected chi connectivity index (χ0v) is 13.6. The summed E-state index contributed by atoms with van der Waals surface area (Å²) in [4.78, 5) is 2.33. The fourth-order valence-electron chi connectivity index (χ4n) is 3.43. The molecule has 2 aliphatic rings. The lowest BCUT2D eigenvalue weighted by Gasteiger charge is -2.23. The van der Waals surface area contributed by atoms with Crippen molar-refractivity contribution in [2.24, 2.45) is 5.41 Å². The molecule has 2 fully saturated rings. The molecular formula is C17H24ClNO3. The van der Waals surface area contributed by atoms with Gasteiger partial charge in [-0.2, -0.15) is 0 Å². The number of benzene rings is 1. The van der Waals surface area contributed by atoms with Crippen molar-refractivity contribution in [1.29, 1.82) is 0 Å². The van der Waals surface area contributed by atoms with Gasteiger partial charge in [-0.05, 0) is 31.0 Å². The number of aliphatic hydroxyl groups excluding tert-OH is 1. The Balaban J connectivity index is 1.38. The molecule has 0 saturated carbocycles. The Kier molecular flexibility index (Phi) is 5.37. The van der Waals surface area contributed by atoms with Gasteiger partial charge in [0.15, 0.2) is 0 Å². The molecule has 2 aliphatic heterocycles. The van der Waals surface area contributed by atoms with Gasteiger partial charge < -0.3 is 19.5 Å². The standard InChI is InChI=1S/C17H24ClNO3/c18-16-4-2-1-3-14(16)10-22-11-15(20)9-19-7-5-17(12-19)6-8-21-13-17/h1-4,15,20H,5-13H2. The zero-order valence-electron chi connectivity index (χ0n) is 12.8. The molecule has 0 aromatic heterocycles. The third kappa shape index (κ3) is 4.00. The van der Waals surface area contributed by atoms with Gasteiger partial charge in [-0.15, -0.1) is 0 Å². The minimum Gasteiger partial charge on any atom is -0.389 e. The van der Waals surface area contributed by atoms with Crippen LogP contribution in [0.2, 0.25) is 5.02 Å². The highest BCUT2D eigenvalue weighted by atomic mass is 35.5. The molecular weight excluding hydrogens is 302 g/mol. The molecule has 0 aliphatic carbocycles. The van der Waals surface area contributed by atoms with Gasteiger partial charge in [0, 0.05) is 30.1 Å². The summed E-state index contributed by atoms with van der Waals surface area (Å²) in [6, 6.07) is 7.63. The molecule has 5 heteroatoms. The van der Waals surface area contributed by atoms with Crippen molar-refractivity contribution in [3.8, 4) is 0 Å². The van der Waals surface area contributed by atoms with E-state index in [9.17, 15) is 5.11 Å². The minimum atomic E-state index is -0.458. The maximum Gasteiger partial charge on any atom is 0.0900 e. The number of nitrogens with zero attached hydrogens (tertiary/aromatic N) is 1. The Bertz CT molecular complexity index is 491. The predicted octanol–water partition coefficient (Wildman–Crippen LogP) is 2.33. The minimum absolute atomic E-state index is 0.339. The normalized spacial score (nSPS) is 26.8. The summed E-state index contributed by atoms with van der Waals surface area (Å²) in [6.07, 6.45) is 1.88. The Morgan fingerprint density at radius 2 is 2.23 bits per heavy atom. The van der Waals surface area contributed by atoms with Crippen LogP contribution in [0.1, 0.15) is 18.4 Å². The topological polar surface area (TPSA) is 41.9 Å². The fourth-order valence-corrected chi connectivity index (χ4v) is 3.62. The van der Waals surface area contributed by atoms with Gasteiger partial charge in [0.1, 0.15) is 0 Å². The summed E-state index contributed by atoms with van der Waals surface area (Å²) in [7, 11) is 0. The van der Waals surface area contributed by atoms with E-state index in [0.29, 0.717) is 30.2 Å². The molecule has 1 aromatic rings. The highest BCUT2D eigenvalue weighted by Crippen LogP contribution is 2.38. The van der Waals surface area contributed by atoms with Crippen LogP contribution in [-0.4, -0.2) is 55.6 Å². The molecule has 4 nitrogen and oxygen atoms in total. The van der Waals surface area contributed by atoms with E-state index in [-0.39, 0.29) is 0 Å². The summed E-state index contributed by atoms with van der Waals surface area (Å²) >= 11 is 6.08. The van der Waals surface area contributed by atoms with Gasteiger partial charge in [0.05, 0.1) is 25.9 Å². The fraction of sp³-hybridized carbons (Fsp3) is 0.647. The molecule has 1 N–H and O–H groups in total. The van der Waals surface area contributed by atoms with Crippen LogP contribution in [0.15, 0.2) is 24.3 Å². The molecule has 1 spiro atoms. The second-order valence-electron chi connectivity index (χ2n) is 6.55. The van der Waals surface area contributed by atoms with E-state index in [1.165, 1.54) is 6.42 Å². The Labute approximate surface area is 137 Å². The van der Waals surface area contributed by atoms with Crippen LogP contribution in [0.25, 0.3) is 0 Å². The van der Waals surface area contributed by atoms with Crippen molar-refractivity contribution in [1.82, 2.24) is 4.90 Å². The van der Waals surface area contributed by atoms with Crippen LogP contribution in [-0.2, 0) is 16.1 Å². The molecule has 3 rings (SSSR count). The molecule has 2 unspecified atom stereocenters. The molecule has 22 heavy (non-hydrogen) atoms. The lowest BCUT2D eigenvalue weighted by Crippen LogP contribution is -2.35. The van der Waals surface area contributed by atoms with Gasteiger partial charge in [-0.25, -0.2) is 0 Å². The Hall–Kier alpha value is -0.650. The average molecular weight is 326 g/mol. The van der Waals surface area contributed by atoms with E-state index in [2.05, 4.69) is 4.90 Å². The van der Waals surface area contributed by atoms with E-state index in [1.807, 2.05) is 24.3 Å². The van der Waals surface area contributed by atoms with E-state index in [4.69, 9.17) is 21.1 Å². The van der Waals surface area contributed by atoms with Crippen molar-refractivity contribution in [3.05, 3.63) is 34.9 Å². The van der Waals surface area contributed by atoms with Crippen LogP contribution in [0.5, 0.6) is 0 Å². The summed E-state index contributed by atoms with van der Waals surface area (Å²) in [5.41, 5.74) is 1.30. The summed E-state index contributed by atoms with van der Waals surface area (Å²) in [5, 5.41) is 10.9. The third-order valence-electron chi connectivity index (χ3n) is 4.70. The number of ether oxygens (including phenoxy) is 2. The molecule has 2 atom stereocenters. The molecule has 0 amide bonds. The predicted molar refractivity (Wildman–Crippen MR) is 86.0 cm³/mol. The van der Waals surface area contributed by atoms with Gasteiger partial charge >= 0.3 is 0 Å². The summed E-state index contributed by atoms with van der Waals surface area (Å²) < 4.78 is 11.1. The van der Waals surface area contributed by atoms with Crippen molar-refractivity contribution in [3.63, 3.8) is 0 Å². The number of hydrogen-bond acceptors (Lipinski definition) is 4. The first kappa shape index (κ1) is 16.2. The number of likely N-dealkylation sites (tertiary alicyclic amines) is 1. The van der Waals surface area contributed by atoms with Crippen molar-refractivity contribution in [2.45, 2.75) is 25.6 Å². The zero-order chi connectivity index (χ0) is 15.4. The van der Waals surface area contributed by atoms with Gasteiger partial charge in [-0.3, -0.25) is 0 Å². The third-order valence-corrected chi connectivity index (χ3v) is 5.07. The van der Waals surface area contributed by atoms with Gasteiger partial charge in [-0.1, -0.05) is 29.8 Å². The maximum absolute atomic E-state index is 10.2. The average Bonchev–Trinajstić information content (AvgIpc) is 3.12. The first-order chi connectivity index (χ1) is 10.7. The molecule has 0 bridgehead atoms. The first-order valence-electron chi connectivity index (χ1n) is 7.96. The molecule has 0 radical (unpaired) electrons. The highest BCUT2D eigenvalue weighted by molar-refractivity contribution is 6.31. The Morgan fingerprint density at radius 1 is 1.36 bits per heavy atom. The van der Waals surface area contributed by atoms with E-state index >= 15 is 0 Å². The quantitative estimate of drug-likeness (QED) is 0.871. The molecule has 122 valence electrons. The molecule has 2 saturated heterocycles. The maximum atomic E-state index is 10.2. The lowest BCUT2D eigenvalue weighted by atomic mass is 9.87. The second kappa shape index (κ2) is 7.28. The number of aliphatic hydroxyl groups is 1. The monoisotopic (exact) mass is 325 g/mol.